The van der Waals surface area contributed by atoms with E-state index in [0.717, 1.165) is 12.8 Å². The van der Waals surface area contributed by atoms with E-state index in [9.17, 15) is 14.7 Å². The summed E-state index contributed by atoms with van der Waals surface area (Å²) in [5.74, 6) is -0.221. The zero-order valence-corrected chi connectivity index (χ0v) is 11.0. The van der Waals surface area contributed by atoms with Gasteiger partial charge in [0, 0.05) is 19.6 Å². The SMILES string of the molecule is NC(=O)N1CCCC(C(=O)N2CCOCC2CO)C1. The quantitative estimate of drug-likeness (QED) is 0.673. The molecular weight excluding hydrogens is 250 g/mol. The Balaban J connectivity index is 1.99. The molecule has 2 rings (SSSR count). The van der Waals surface area contributed by atoms with Crippen molar-refractivity contribution in [2.75, 3.05) is 39.5 Å². The number of ether oxygens (including phenoxy) is 1. The number of nitrogens with zero attached hydrogens (tertiary/aromatic N) is 2. The first kappa shape index (κ1) is 14.1. The number of nitrogens with two attached hydrogens (primary N) is 1. The Labute approximate surface area is 112 Å². The van der Waals surface area contributed by atoms with Crippen LogP contribution in [-0.2, 0) is 9.53 Å². The van der Waals surface area contributed by atoms with Gasteiger partial charge in [-0.05, 0) is 12.8 Å². The van der Waals surface area contributed by atoms with Gasteiger partial charge in [-0.2, -0.15) is 0 Å². The van der Waals surface area contributed by atoms with E-state index in [1.165, 1.54) is 4.90 Å². The topological polar surface area (TPSA) is 96.1 Å². The van der Waals surface area contributed by atoms with Gasteiger partial charge in [-0.25, -0.2) is 4.79 Å². The number of hydrogen-bond donors (Lipinski definition) is 2. The van der Waals surface area contributed by atoms with Crippen LogP contribution in [0.3, 0.4) is 0 Å². The molecule has 0 saturated carbocycles. The maximum atomic E-state index is 12.5. The van der Waals surface area contributed by atoms with Crippen molar-refractivity contribution in [1.82, 2.24) is 9.80 Å². The molecule has 0 aromatic heterocycles. The molecule has 3 N–H and O–H groups in total. The van der Waals surface area contributed by atoms with Gasteiger partial charge in [0.25, 0.3) is 0 Å². The Morgan fingerprint density at radius 2 is 2.16 bits per heavy atom. The fourth-order valence-corrected chi connectivity index (χ4v) is 2.71. The number of rotatable bonds is 2. The fraction of sp³-hybridized carbons (Fsp3) is 0.833. The molecule has 0 aromatic rings. The summed E-state index contributed by atoms with van der Waals surface area (Å²) in [6, 6.07) is -0.747. The molecule has 2 atom stereocenters. The van der Waals surface area contributed by atoms with Crippen LogP contribution in [0.15, 0.2) is 0 Å². The van der Waals surface area contributed by atoms with E-state index in [4.69, 9.17) is 10.5 Å². The number of aliphatic hydroxyl groups excluding tert-OH is 1. The Hall–Kier alpha value is -1.34. The summed E-state index contributed by atoms with van der Waals surface area (Å²) < 4.78 is 5.26. The van der Waals surface area contributed by atoms with Gasteiger partial charge in [0.05, 0.1) is 31.8 Å². The van der Waals surface area contributed by atoms with Gasteiger partial charge in [0.15, 0.2) is 0 Å². The highest BCUT2D eigenvalue weighted by atomic mass is 16.5. The lowest BCUT2D eigenvalue weighted by atomic mass is 9.96. The molecule has 2 aliphatic rings. The van der Waals surface area contributed by atoms with Crippen molar-refractivity contribution < 1.29 is 19.4 Å². The van der Waals surface area contributed by atoms with E-state index >= 15 is 0 Å². The Bertz CT molecular complexity index is 350. The molecule has 2 aliphatic heterocycles. The number of likely N-dealkylation sites (tertiary alicyclic amines) is 1. The third-order valence-corrected chi connectivity index (χ3v) is 3.80. The second-order valence-corrected chi connectivity index (χ2v) is 5.07. The monoisotopic (exact) mass is 271 g/mol. The summed E-state index contributed by atoms with van der Waals surface area (Å²) >= 11 is 0. The normalized spacial score (nSPS) is 28.3. The summed E-state index contributed by atoms with van der Waals surface area (Å²) in [6.45, 7) is 2.26. The van der Waals surface area contributed by atoms with E-state index in [-0.39, 0.29) is 24.5 Å². The minimum Gasteiger partial charge on any atom is -0.394 e. The van der Waals surface area contributed by atoms with Crippen LogP contribution in [0.2, 0.25) is 0 Å². The highest BCUT2D eigenvalue weighted by Crippen LogP contribution is 2.21. The number of primary amides is 1. The standard InChI is InChI=1S/C12H21N3O4/c13-12(18)14-3-1-2-9(6-14)11(17)15-4-5-19-8-10(15)7-16/h9-10,16H,1-8H2,(H2,13,18). The van der Waals surface area contributed by atoms with Crippen molar-refractivity contribution in [1.29, 1.82) is 0 Å². The predicted molar refractivity (Wildman–Crippen MR) is 67.3 cm³/mol. The van der Waals surface area contributed by atoms with Gasteiger partial charge >= 0.3 is 6.03 Å². The highest BCUT2D eigenvalue weighted by molar-refractivity contribution is 5.81. The number of carbonyl (C=O) groups is 2. The molecule has 2 unspecified atom stereocenters. The summed E-state index contributed by atoms with van der Waals surface area (Å²) in [7, 11) is 0. The smallest absolute Gasteiger partial charge is 0.314 e. The molecule has 2 fully saturated rings. The molecule has 2 saturated heterocycles. The van der Waals surface area contributed by atoms with Gasteiger partial charge in [-0.3, -0.25) is 4.79 Å². The first-order chi connectivity index (χ1) is 9.13. The lowest BCUT2D eigenvalue weighted by Crippen LogP contribution is -2.55. The van der Waals surface area contributed by atoms with Crippen molar-refractivity contribution in [3.8, 4) is 0 Å². The number of carbonyl (C=O) groups excluding carboxylic acids is 2. The molecule has 0 aliphatic carbocycles. The largest absolute Gasteiger partial charge is 0.394 e. The lowest BCUT2D eigenvalue weighted by molar-refractivity contribution is -0.147. The summed E-state index contributed by atoms with van der Waals surface area (Å²) in [5.41, 5.74) is 5.26. The van der Waals surface area contributed by atoms with E-state index in [2.05, 4.69) is 0 Å². The lowest BCUT2D eigenvalue weighted by Gasteiger charge is -2.39. The van der Waals surface area contributed by atoms with Crippen LogP contribution in [0.25, 0.3) is 0 Å². The summed E-state index contributed by atoms with van der Waals surface area (Å²) in [4.78, 5) is 26.8. The van der Waals surface area contributed by atoms with Crippen molar-refractivity contribution in [2.24, 2.45) is 11.7 Å². The van der Waals surface area contributed by atoms with Crippen LogP contribution in [-0.4, -0.2) is 72.3 Å². The first-order valence-electron chi connectivity index (χ1n) is 6.67. The van der Waals surface area contributed by atoms with E-state index < -0.39 is 6.03 Å². The van der Waals surface area contributed by atoms with Gasteiger partial charge in [-0.15, -0.1) is 0 Å². The third kappa shape index (κ3) is 3.16. The molecule has 0 radical (unpaired) electrons. The maximum absolute atomic E-state index is 12.5. The second kappa shape index (κ2) is 6.21. The average Bonchev–Trinajstić information content (AvgIpc) is 2.46. The summed E-state index contributed by atoms with van der Waals surface area (Å²) in [6.07, 6.45) is 1.55. The van der Waals surface area contributed by atoms with Gasteiger partial charge in [0.1, 0.15) is 0 Å². The molecule has 3 amide bonds. The van der Waals surface area contributed by atoms with Crippen molar-refractivity contribution in [2.45, 2.75) is 18.9 Å². The van der Waals surface area contributed by atoms with Crippen LogP contribution in [0.5, 0.6) is 0 Å². The minimum atomic E-state index is -0.474. The fourth-order valence-electron chi connectivity index (χ4n) is 2.71. The van der Waals surface area contributed by atoms with Crippen molar-refractivity contribution in [3.63, 3.8) is 0 Å². The number of urea groups is 1. The number of aliphatic hydroxyl groups is 1. The Morgan fingerprint density at radius 1 is 1.37 bits per heavy atom. The van der Waals surface area contributed by atoms with E-state index in [1.807, 2.05) is 0 Å². The van der Waals surface area contributed by atoms with E-state index in [0.29, 0.717) is 32.8 Å². The maximum Gasteiger partial charge on any atom is 0.314 e. The van der Waals surface area contributed by atoms with Gasteiger partial charge in [0.2, 0.25) is 5.91 Å². The van der Waals surface area contributed by atoms with Crippen LogP contribution in [0, 0.1) is 5.92 Å². The molecule has 7 nitrogen and oxygen atoms in total. The predicted octanol–water partition coefficient (Wildman–Crippen LogP) is -1.00. The van der Waals surface area contributed by atoms with Crippen molar-refractivity contribution >= 4 is 11.9 Å². The molecule has 0 bridgehead atoms. The minimum absolute atomic E-state index is 0.00620. The van der Waals surface area contributed by atoms with Crippen LogP contribution >= 0.6 is 0 Å². The van der Waals surface area contributed by atoms with Gasteiger partial charge < -0.3 is 25.4 Å². The molecule has 108 valence electrons. The molecule has 0 aromatic carbocycles. The number of amides is 3. The van der Waals surface area contributed by atoms with E-state index in [1.54, 1.807) is 4.90 Å². The van der Waals surface area contributed by atoms with Crippen LogP contribution < -0.4 is 5.73 Å². The molecule has 2 heterocycles. The molecule has 19 heavy (non-hydrogen) atoms. The first-order valence-corrected chi connectivity index (χ1v) is 6.67. The number of piperidine rings is 1. The zero-order valence-electron chi connectivity index (χ0n) is 11.0. The third-order valence-electron chi connectivity index (χ3n) is 3.80. The highest BCUT2D eigenvalue weighted by Gasteiger charge is 2.34. The van der Waals surface area contributed by atoms with Gasteiger partial charge in [-0.1, -0.05) is 0 Å². The number of hydrogen-bond acceptors (Lipinski definition) is 4. The zero-order chi connectivity index (χ0) is 13.8. The van der Waals surface area contributed by atoms with Crippen LogP contribution in [0.4, 0.5) is 4.79 Å². The molecule has 0 spiro atoms. The number of morpholine rings is 1. The Kier molecular flexibility index (Phi) is 4.60. The Morgan fingerprint density at radius 3 is 2.84 bits per heavy atom. The van der Waals surface area contributed by atoms with Crippen molar-refractivity contribution in [3.05, 3.63) is 0 Å². The average molecular weight is 271 g/mol. The summed E-state index contributed by atoms with van der Waals surface area (Å²) in [5, 5.41) is 9.29. The second-order valence-electron chi connectivity index (χ2n) is 5.07. The molecular formula is C12H21N3O4. The van der Waals surface area contributed by atoms with Crippen LogP contribution in [0.1, 0.15) is 12.8 Å². The molecule has 7 heteroatoms.